The highest BCUT2D eigenvalue weighted by atomic mass is 16.4. The second-order valence-corrected chi connectivity index (χ2v) is 4.31. The summed E-state index contributed by atoms with van der Waals surface area (Å²) in [4.78, 5) is 27.0. The quantitative estimate of drug-likeness (QED) is 0.760. The van der Waals surface area contributed by atoms with Crippen LogP contribution < -0.4 is 0 Å². The summed E-state index contributed by atoms with van der Waals surface area (Å²) in [5.74, 6) is -0.415. The topological polar surface area (TPSA) is 91.8 Å². The average Bonchev–Trinajstić information content (AvgIpc) is 2.91. The van der Waals surface area contributed by atoms with Gasteiger partial charge in [0.15, 0.2) is 5.82 Å². The highest BCUT2D eigenvalue weighted by molar-refractivity contribution is 6.03. The Morgan fingerprint density at radius 2 is 2.05 bits per heavy atom. The smallest absolute Gasteiger partial charge is 0.338 e. The summed E-state index contributed by atoms with van der Waals surface area (Å²) < 4.78 is 0. The van der Waals surface area contributed by atoms with Crippen molar-refractivity contribution in [3.8, 4) is 11.4 Å². The van der Waals surface area contributed by atoms with Crippen molar-refractivity contribution in [2.45, 2.75) is 13.3 Å². The van der Waals surface area contributed by atoms with Crippen LogP contribution in [0.4, 0.5) is 0 Å². The Morgan fingerprint density at radius 3 is 2.70 bits per heavy atom. The lowest BCUT2D eigenvalue weighted by molar-refractivity contribution is 0.0699. The fraction of sp³-hybridized carbons (Fsp3) is 0.143. The molecule has 3 aromatic rings. The maximum atomic E-state index is 11.2. The summed E-state index contributed by atoms with van der Waals surface area (Å²) >= 11 is 0. The SMILES string of the molecule is CCc1nc(-c2ccncc2)nc2[nH]cc(C(=O)O)c12. The van der Waals surface area contributed by atoms with Crippen LogP contribution in [0.25, 0.3) is 22.4 Å². The zero-order valence-corrected chi connectivity index (χ0v) is 10.8. The third kappa shape index (κ3) is 1.91. The summed E-state index contributed by atoms with van der Waals surface area (Å²) in [5.41, 5.74) is 2.32. The molecule has 100 valence electrons. The van der Waals surface area contributed by atoms with Crippen LogP contribution in [-0.4, -0.2) is 31.0 Å². The van der Waals surface area contributed by atoms with Crippen molar-refractivity contribution >= 4 is 17.0 Å². The molecule has 0 aliphatic rings. The zero-order chi connectivity index (χ0) is 14.1. The molecule has 0 amide bonds. The number of H-pyrrole nitrogens is 1. The van der Waals surface area contributed by atoms with Crippen LogP contribution in [0.1, 0.15) is 23.0 Å². The molecule has 0 radical (unpaired) electrons. The van der Waals surface area contributed by atoms with E-state index < -0.39 is 5.97 Å². The Hall–Kier alpha value is -2.76. The van der Waals surface area contributed by atoms with Gasteiger partial charge in [-0.05, 0) is 18.6 Å². The summed E-state index contributed by atoms with van der Waals surface area (Å²) in [5, 5.41) is 9.78. The number of aromatic amines is 1. The van der Waals surface area contributed by atoms with Crippen LogP contribution in [0, 0.1) is 0 Å². The number of aromatic nitrogens is 4. The number of aryl methyl sites for hydroxylation is 1. The molecule has 0 atom stereocenters. The molecule has 0 unspecified atom stereocenters. The van der Waals surface area contributed by atoms with Gasteiger partial charge in [-0.3, -0.25) is 4.98 Å². The van der Waals surface area contributed by atoms with Crippen LogP contribution in [-0.2, 0) is 6.42 Å². The first-order valence-corrected chi connectivity index (χ1v) is 6.22. The van der Waals surface area contributed by atoms with Gasteiger partial charge in [-0.2, -0.15) is 0 Å². The molecule has 0 aliphatic carbocycles. The number of hydrogen-bond acceptors (Lipinski definition) is 4. The number of pyridine rings is 1. The molecular weight excluding hydrogens is 256 g/mol. The predicted octanol–water partition coefficient (Wildman–Crippen LogP) is 2.28. The van der Waals surface area contributed by atoms with Crippen LogP contribution in [0.5, 0.6) is 0 Å². The summed E-state index contributed by atoms with van der Waals surface area (Å²) in [6.45, 7) is 1.94. The van der Waals surface area contributed by atoms with Gasteiger partial charge in [-0.15, -0.1) is 0 Å². The summed E-state index contributed by atoms with van der Waals surface area (Å²) in [7, 11) is 0. The van der Waals surface area contributed by atoms with E-state index in [1.807, 2.05) is 19.1 Å². The summed E-state index contributed by atoms with van der Waals surface area (Å²) in [6.07, 6.45) is 5.43. The molecule has 0 bridgehead atoms. The normalized spacial score (nSPS) is 10.8. The van der Waals surface area contributed by atoms with Crippen LogP contribution in [0.15, 0.2) is 30.7 Å². The van der Waals surface area contributed by atoms with E-state index in [4.69, 9.17) is 0 Å². The van der Waals surface area contributed by atoms with Crippen molar-refractivity contribution in [2.24, 2.45) is 0 Å². The molecule has 2 N–H and O–H groups in total. The Morgan fingerprint density at radius 1 is 1.30 bits per heavy atom. The molecule has 3 rings (SSSR count). The monoisotopic (exact) mass is 268 g/mol. The summed E-state index contributed by atoms with van der Waals surface area (Å²) in [6, 6.07) is 3.64. The Balaban J connectivity index is 2.27. The molecule has 6 heteroatoms. The van der Waals surface area contributed by atoms with E-state index >= 15 is 0 Å². The lowest BCUT2D eigenvalue weighted by Crippen LogP contribution is -2.00. The minimum absolute atomic E-state index is 0.207. The molecule has 20 heavy (non-hydrogen) atoms. The average molecular weight is 268 g/mol. The van der Waals surface area contributed by atoms with E-state index in [-0.39, 0.29) is 5.56 Å². The van der Waals surface area contributed by atoms with Gasteiger partial charge in [0.25, 0.3) is 0 Å². The number of fused-ring (bicyclic) bond motifs is 1. The minimum atomic E-state index is -0.980. The van der Waals surface area contributed by atoms with E-state index in [0.29, 0.717) is 23.3 Å². The Kier molecular flexibility index (Phi) is 2.90. The third-order valence-corrected chi connectivity index (χ3v) is 3.11. The van der Waals surface area contributed by atoms with Gasteiger partial charge in [-0.1, -0.05) is 6.92 Å². The largest absolute Gasteiger partial charge is 0.478 e. The third-order valence-electron chi connectivity index (χ3n) is 3.11. The number of rotatable bonds is 3. The number of carbonyl (C=O) groups is 1. The molecule has 0 saturated heterocycles. The van der Waals surface area contributed by atoms with Gasteiger partial charge in [-0.25, -0.2) is 14.8 Å². The van der Waals surface area contributed by atoms with E-state index in [1.165, 1.54) is 6.20 Å². The maximum absolute atomic E-state index is 11.2. The number of hydrogen-bond donors (Lipinski definition) is 2. The number of carboxylic acids is 1. The molecule has 0 fully saturated rings. The van der Waals surface area contributed by atoms with Crippen LogP contribution in [0.2, 0.25) is 0 Å². The first kappa shape index (κ1) is 12.3. The zero-order valence-electron chi connectivity index (χ0n) is 10.8. The lowest BCUT2D eigenvalue weighted by Gasteiger charge is -2.05. The molecule has 3 heterocycles. The van der Waals surface area contributed by atoms with Gasteiger partial charge >= 0.3 is 5.97 Å². The first-order valence-electron chi connectivity index (χ1n) is 6.22. The molecule has 0 saturated carbocycles. The van der Waals surface area contributed by atoms with E-state index in [2.05, 4.69) is 19.9 Å². The number of carboxylic acid groups (broad SMARTS) is 1. The standard InChI is InChI=1S/C14H12N4O2/c1-2-10-11-9(14(19)20)7-16-13(11)18-12(17-10)8-3-5-15-6-4-8/h3-7H,2H2,1H3,(H,19,20)(H,16,17,18). The van der Waals surface area contributed by atoms with E-state index in [0.717, 1.165) is 11.3 Å². The van der Waals surface area contributed by atoms with Gasteiger partial charge in [0.05, 0.1) is 16.6 Å². The second-order valence-electron chi connectivity index (χ2n) is 4.31. The molecule has 6 nitrogen and oxygen atoms in total. The number of aromatic carboxylic acids is 1. The predicted molar refractivity (Wildman–Crippen MR) is 73.5 cm³/mol. The highest BCUT2D eigenvalue weighted by Gasteiger charge is 2.17. The van der Waals surface area contributed by atoms with Crippen molar-refractivity contribution in [1.82, 2.24) is 19.9 Å². The van der Waals surface area contributed by atoms with E-state index in [1.54, 1.807) is 12.4 Å². The van der Waals surface area contributed by atoms with Crippen molar-refractivity contribution in [1.29, 1.82) is 0 Å². The van der Waals surface area contributed by atoms with Gasteiger partial charge in [0, 0.05) is 24.2 Å². The van der Waals surface area contributed by atoms with E-state index in [9.17, 15) is 9.90 Å². The molecular formula is C14H12N4O2. The Bertz CT molecular complexity index is 780. The lowest BCUT2D eigenvalue weighted by atomic mass is 10.1. The van der Waals surface area contributed by atoms with Crippen molar-refractivity contribution in [2.75, 3.05) is 0 Å². The van der Waals surface area contributed by atoms with Crippen LogP contribution in [0.3, 0.4) is 0 Å². The molecule has 3 aromatic heterocycles. The molecule has 0 spiro atoms. The van der Waals surface area contributed by atoms with Gasteiger partial charge < -0.3 is 10.1 Å². The maximum Gasteiger partial charge on any atom is 0.338 e. The second kappa shape index (κ2) is 4.73. The number of nitrogens with one attached hydrogen (secondary N) is 1. The molecule has 0 aromatic carbocycles. The van der Waals surface area contributed by atoms with Crippen molar-refractivity contribution in [3.05, 3.63) is 42.0 Å². The first-order chi connectivity index (χ1) is 9.70. The molecule has 0 aliphatic heterocycles. The van der Waals surface area contributed by atoms with Crippen LogP contribution >= 0.6 is 0 Å². The highest BCUT2D eigenvalue weighted by Crippen LogP contribution is 2.24. The minimum Gasteiger partial charge on any atom is -0.478 e. The fourth-order valence-corrected chi connectivity index (χ4v) is 2.16. The fourth-order valence-electron chi connectivity index (χ4n) is 2.16. The van der Waals surface area contributed by atoms with Gasteiger partial charge in [0.2, 0.25) is 0 Å². The van der Waals surface area contributed by atoms with Crippen molar-refractivity contribution in [3.63, 3.8) is 0 Å². The Labute approximate surface area is 114 Å². The van der Waals surface area contributed by atoms with Gasteiger partial charge in [0.1, 0.15) is 5.65 Å². The number of nitrogens with zero attached hydrogens (tertiary/aromatic N) is 3. The van der Waals surface area contributed by atoms with Crippen molar-refractivity contribution < 1.29 is 9.90 Å².